The Morgan fingerprint density at radius 3 is 2.88 bits per heavy atom. The van der Waals surface area contributed by atoms with Crippen LogP contribution in [0.3, 0.4) is 0 Å². The normalized spacial score (nSPS) is 15.5. The number of thioether (sulfide) groups is 1. The Kier molecular flexibility index (Phi) is 5.28. The van der Waals surface area contributed by atoms with Gasteiger partial charge in [-0.2, -0.15) is 0 Å². The first-order valence-electron chi connectivity index (χ1n) is 8.09. The fraction of sp³-hybridized carbons (Fsp3) is 0.263. The zero-order chi connectivity index (χ0) is 17.8. The van der Waals surface area contributed by atoms with Crippen molar-refractivity contribution in [2.45, 2.75) is 23.5 Å². The summed E-state index contributed by atoms with van der Waals surface area (Å²) in [5.41, 5.74) is 8.76. The summed E-state index contributed by atoms with van der Waals surface area (Å²) in [7, 11) is 0. The van der Waals surface area contributed by atoms with Crippen molar-refractivity contribution in [1.82, 2.24) is 0 Å². The summed E-state index contributed by atoms with van der Waals surface area (Å²) in [6.45, 7) is 1.99. The predicted octanol–water partition coefficient (Wildman–Crippen LogP) is 3.25. The molecule has 0 bridgehead atoms. The van der Waals surface area contributed by atoms with Crippen LogP contribution in [-0.2, 0) is 16.0 Å². The Labute approximate surface area is 151 Å². The average Bonchev–Trinajstić information content (AvgIpc) is 3.04. The third kappa shape index (κ3) is 3.96. The number of hydrogen-bond acceptors (Lipinski definition) is 5. The van der Waals surface area contributed by atoms with E-state index in [2.05, 4.69) is 12.1 Å². The third-order valence-corrected chi connectivity index (χ3v) is 5.29. The molecule has 2 aromatic carbocycles. The van der Waals surface area contributed by atoms with Crippen molar-refractivity contribution in [3.63, 3.8) is 0 Å². The van der Waals surface area contributed by atoms with Gasteiger partial charge in [-0.15, -0.1) is 11.8 Å². The number of ether oxygens (including phenoxy) is 2. The maximum absolute atomic E-state index is 11.5. The van der Waals surface area contributed by atoms with E-state index in [1.54, 1.807) is 18.7 Å². The molecule has 0 saturated heterocycles. The molecule has 25 heavy (non-hydrogen) atoms. The molecule has 2 aromatic rings. The first-order chi connectivity index (χ1) is 12.1. The summed E-state index contributed by atoms with van der Waals surface area (Å²) < 4.78 is 10.6. The van der Waals surface area contributed by atoms with Gasteiger partial charge in [-0.3, -0.25) is 5.41 Å². The molecule has 0 fully saturated rings. The van der Waals surface area contributed by atoms with Crippen LogP contribution in [0.4, 0.5) is 0 Å². The van der Waals surface area contributed by atoms with E-state index >= 15 is 0 Å². The number of amidine groups is 1. The maximum Gasteiger partial charge on any atom is 0.344 e. The van der Waals surface area contributed by atoms with E-state index in [1.165, 1.54) is 5.56 Å². The molecular formula is C19H20N2O3S. The molecule has 0 radical (unpaired) electrons. The van der Waals surface area contributed by atoms with Crippen LogP contribution in [-0.4, -0.2) is 30.3 Å². The van der Waals surface area contributed by atoms with Gasteiger partial charge >= 0.3 is 5.97 Å². The van der Waals surface area contributed by atoms with Gasteiger partial charge in [-0.05, 0) is 42.7 Å². The summed E-state index contributed by atoms with van der Waals surface area (Å²) in [5.74, 6) is 0.470. The first kappa shape index (κ1) is 17.4. The van der Waals surface area contributed by atoms with Crippen LogP contribution >= 0.6 is 11.8 Å². The molecule has 1 heterocycles. The third-order valence-electron chi connectivity index (χ3n) is 3.93. The molecule has 1 atom stereocenters. The summed E-state index contributed by atoms with van der Waals surface area (Å²) in [6, 6.07) is 13.8. The lowest BCUT2D eigenvalue weighted by Gasteiger charge is -2.12. The molecule has 0 saturated carbocycles. The second kappa shape index (κ2) is 7.61. The lowest BCUT2D eigenvalue weighted by molar-refractivity contribution is -0.145. The highest BCUT2D eigenvalue weighted by atomic mass is 32.2. The molecule has 0 aliphatic carbocycles. The number of carbonyl (C=O) groups is 1. The monoisotopic (exact) mass is 356 g/mol. The molecule has 1 aliphatic heterocycles. The van der Waals surface area contributed by atoms with E-state index in [-0.39, 0.29) is 23.7 Å². The number of esters is 1. The van der Waals surface area contributed by atoms with Crippen molar-refractivity contribution in [2.24, 2.45) is 5.73 Å². The van der Waals surface area contributed by atoms with Gasteiger partial charge < -0.3 is 15.2 Å². The van der Waals surface area contributed by atoms with Crippen LogP contribution in [0.15, 0.2) is 47.4 Å². The van der Waals surface area contributed by atoms with E-state index < -0.39 is 0 Å². The molecule has 0 aromatic heterocycles. The minimum absolute atomic E-state index is 0.0144. The SMILES string of the molecule is CCOC(=O)COc1ccccc1-c1ccc2c(c1)CC(C(=N)N)S2. The van der Waals surface area contributed by atoms with Crippen molar-refractivity contribution in [2.75, 3.05) is 13.2 Å². The summed E-state index contributed by atoms with van der Waals surface area (Å²) in [6.07, 6.45) is 0.759. The molecule has 1 aliphatic rings. The Morgan fingerprint density at radius 1 is 1.32 bits per heavy atom. The number of fused-ring (bicyclic) bond motifs is 1. The standard InChI is InChI=1S/C19H20N2O3S/c1-2-23-18(22)11-24-15-6-4-3-5-14(15)12-7-8-16-13(9-12)10-17(25-16)19(20)21/h3-9,17H,2,10-11H2,1H3,(H3,20,21). The number of nitrogens with two attached hydrogens (primary N) is 1. The number of benzene rings is 2. The summed E-state index contributed by atoms with van der Waals surface area (Å²) in [4.78, 5) is 12.7. The summed E-state index contributed by atoms with van der Waals surface area (Å²) in [5, 5.41) is 7.66. The quantitative estimate of drug-likeness (QED) is 0.471. The number of hydrogen-bond donors (Lipinski definition) is 2. The zero-order valence-corrected chi connectivity index (χ0v) is 14.8. The fourth-order valence-corrected chi connectivity index (χ4v) is 3.90. The van der Waals surface area contributed by atoms with Crippen LogP contribution in [0.2, 0.25) is 0 Å². The molecule has 3 rings (SSSR count). The highest BCUT2D eigenvalue weighted by Gasteiger charge is 2.25. The topological polar surface area (TPSA) is 85.4 Å². The van der Waals surface area contributed by atoms with Crippen LogP contribution in [0.25, 0.3) is 11.1 Å². The maximum atomic E-state index is 11.5. The minimum atomic E-state index is -0.382. The van der Waals surface area contributed by atoms with Crippen molar-refractivity contribution in [1.29, 1.82) is 5.41 Å². The smallest absolute Gasteiger partial charge is 0.344 e. The highest BCUT2D eigenvalue weighted by molar-refractivity contribution is 8.01. The Bertz CT molecular complexity index is 807. The summed E-state index contributed by atoms with van der Waals surface area (Å²) >= 11 is 1.63. The Morgan fingerprint density at radius 2 is 2.12 bits per heavy atom. The highest BCUT2D eigenvalue weighted by Crippen LogP contribution is 2.40. The largest absolute Gasteiger partial charge is 0.481 e. The number of para-hydroxylation sites is 1. The van der Waals surface area contributed by atoms with Crippen LogP contribution in [0.5, 0.6) is 5.75 Å². The molecule has 1 unspecified atom stereocenters. The molecule has 6 heteroatoms. The molecular weight excluding hydrogens is 336 g/mol. The Hall–Kier alpha value is -2.47. The lowest BCUT2D eigenvalue weighted by atomic mass is 10.00. The Balaban J connectivity index is 1.83. The van der Waals surface area contributed by atoms with Gasteiger partial charge in [-0.25, -0.2) is 4.79 Å². The van der Waals surface area contributed by atoms with E-state index in [0.717, 1.165) is 22.4 Å². The molecule has 130 valence electrons. The van der Waals surface area contributed by atoms with Gasteiger partial charge in [0.25, 0.3) is 0 Å². The molecule has 0 amide bonds. The van der Waals surface area contributed by atoms with Crippen molar-refractivity contribution in [3.05, 3.63) is 48.0 Å². The van der Waals surface area contributed by atoms with Gasteiger partial charge in [0.2, 0.25) is 0 Å². The lowest BCUT2D eigenvalue weighted by Crippen LogP contribution is -2.24. The van der Waals surface area contributed by atoms with Gasteiger partial charge in [0, 0.05) is 10.5 Å². The van der Waals surface area contributed by atoms with E-state index in [4.69, 9.17) is 20.6 Å². The van der Waals surface area contributed by atoms with Gasteiger partial charge in [-0.1, -0.05) is 24.3 Å². The number of nitrogens with one attached hydrogen (secondary N) is 1. The van der Waals surface area contributed by atoms with Gasteiger partial charge in [0.1, 0.15) is 11.6 Å². The van der Waals surface area contributed by atoms with Crippen molar-refractivity contribution >= 4 is 23.6 Å². The minimum Gasteiger partial charge on any atom is -0.481 e. The van der Waals surface area contributed by atoms with Crippen LogP contribution < -0.4 is 10.5 Å². The van der Waals surface area contributed by atoms with Crippen LogP contribution in [0.1, 0.15) is 12.5 Å². The number of carbonyl (C=O) groups excluding carboxylic acids is 1. The number of rotatable bonds is 6. The molecule has 0 spiro atoms. The predicted molar refractivity (Wildman–Crippen MR) is 99.3 cm³/mol. The van der Waals surface area contributed by atoms with Gasteiger partial charge in [0.15, 0.2) is 6.61 Å². The van der Waals surface area contributed by atoms with Crippen molar-refractivity contribution in [3.8, 4) is 16.9 Å². The van der Waals surface area contributed by atoms with E-state index in [0.29, 0.717) is 12.4 Å². The van der Waals surface area contributed by atoms with E-state index in [1.807, 2.05) is 30.3 Å². The fourth-order valence-electron chi connectivity index (χ4n) is 2.76. The molecule has 3 N–H and O–H groups in total. The second-order valence-corrected chi connectivity index (χ2v) is 6.92. The van der Waals surface area contributed by atoms with Gasteiger partial charge in [0.05, 0.1) is 11.9 Å². The average molecular weight is 356 g/mol. The van der Waals surface area contributed by atoms with Crippen molar-refractivity contribution < 1.29 is 14.3 Å². The second-order valence-electron chi connectivity index (χ2n) is 5.68. The van der Waals surface area contributed by atoms with E-state index in [9.17, 15) is 4.79 Å². The van der Waals surface area contributed by atoms with Crippen LogP contribution in [0, 0.1) is 5.41 Å². The first-order valence-corrected chi connectivity index (χ1v) is 8.97. The zero-order valence-electron chi connectivity index (χ0n) is 14.0. The molecule has 5 nitrogen and oxygen atoms in total.